The molecule has 0 saturated heterocycles. The molecule has 160 valence electrons. The predicted molar refractivity (Wildman–Crippen MR) is 119 cm³/mol. The molecule has 0 aromatic heterocycles. The van der Waals surface area contributed by atoms with E-state index in [9.17, 15) is 14.0 Å². The van der Waals surface area contributed by atoms with E-state index in [0.29, 0.717) is 35.7 Å². The quantitative estimate of drug-likeness (QED) is 0.549. The third kappa shape index (κ3) is 5.69. The number of ether oxygens (including phenoxy) is 1. The molecule has 3 aromatic carbocycles. The number of anilines is 1. The van der Waals surface area contributed by atoms with Gasteiger partial charge in [-0.05, 0) is 61.9 Å². The molecule has 3 rings (SSSR count). The van der Waals surface area contributed by atoms with Crippen LogP contribution in [-0.2, 0) is 6.61 Å². The van der Waals surface area contributed by atoms with Crippen molar-refractivity contribution in [1.82, 2.24) is 4.90 Å². The Labute approximate surface area is 181 Å². The van der Waals surface area contributed by atoms with Gasteiger partial charge < -0.3 is 15.0 Å². The van der Waals surface area contributed by atoms with Crippen LogP contribution in [0.1, 0.15) is 40.1 Å². The number of benzene rings is 3. The van der Waals surface area contributed by atoms with Crippen LogP contribution in [0.4, 0.5) is 10.1 Å². The number of carbonyl (C=O) groups is 2. The number of hydrogen-bond acceptors (Lipinski definition) is 3. The Kier molecular flexibility index (Phi) is 7.38. The van der Waals surface area contributed by atoms with Gasteiger partial charge in [0.1, 0.15) is 18.2 Å². The smallest absolute Gasteiger partial charge is 0.259 e. The van der Waals surface area contributed by atoms with E-state index in [1.165, 1.54) is 12.1 Å². The number of carbonyl (C=O) groups excluding carboxylic acids is 2. The van der Waals surface area contributed by atoms with Crippen molar-refractivity contribution in [3.05, 3.63) is 95.3 Å². The third-order valence-corrected chi connectivity index (χ3v) is 4.86. The molecule has 1 N–H and O–H groups in total. The van der Waals surface area contributed by atoms with Gasteiger partial charge in [0.05, 0.1) is 5.56 Å². The Bertz CT molecular complexity index is 1050. The van der Waals surface area contributed by atoms with E-state index in [-0.39, 0.29) is 24.2 Å². The molecule has 0 spiro atoms. The average molecular weight is 420 g/mol. The summed E-state index contributed by atoms with van der Waals surface area (Å²) in [6, 6.07) is 19.8. The summed E-state index contributed by atoms with van der Waals surface area (Å²) in [5.74, 6) is -0.323. The van der Waals surface area contributed by atoms with Gasteiger partial charge in [0.15, 0.2) is 0 Å². The number of nitrogens with one attached hydrogen (secondary N) is 1. The highest BCUT2D eigenvalue weighted by molar-refractivity contribution is 6.06. The van der Waals surface area contributed by atoms with Gasteiger partial charge in [-0.2, -0.15) is 0 Å². The maximum absolute atomic E-state index is 13.1. The van der Waals surface area contributed by atoms with Crippen molar-refractivity contribution in [3.8, 4) is 5.75 Å². The van der Waals surface area contributed by atoms with Crippen LogP contribution in [0.3, 0.4) is 0 Å². The van der Waals surface area contributed by atoms with Gasteiger partial charge in [0.2, 0.25) is 0 Å². The molecule has 0 bridgehead atoms. The lowest BCUT2D eigenvalue weighted by Gasteiger charge is -2.19. The summed E-state index contributed by atoms with van der Waals surface area (Å²) in [4.78, 5) is 27.2. The lowest BCUT2D eigenvalue weighted by Crippen LogP contribution is -2.30. The standard InChI is InChI=1S/C25H25FN2O3/c1-3-28(4-2)25(30)19-8-7-9-21(16-19)27-24(29)22-10-5-6-11-23(22)31-17-18-12-14-20(26)15-13-18/h5-16H,3-4,17H2,1-2H3,(H,27,29). The number of hydrogen-bond donors (Lipinski definition) is 1. The molecule has 0 heterocycles. The Hall–Kier alpha value is -3.67. The number of nitrogens with zero attached hydrogens (tertiary/aromatic N) is 1. The highest BCUT2D eigenvalue weighted by Crippen LogP contribution is 2.22. The molecule has 5 nitrogen and oxygen atoms in total. The number of para-hydroxylation sites is 1. The van der Waals surface area contributed by atoms with Crippen LogP contribution in [0.25, 0.3) is 0 Å². The minimum absolute atomic E-state index is 0.0795. The molecule has 0 aliphatic heterocycles. The van der Waals surface area contributed by atoms with E-state index in [1.54, 1.807) is 65.6 Å². The van der Waals surface area contributed by atoms with Crippen LogP contribution < -0.4 is 10.1 Å². The van der Waals surface area contributed by atoms with Gasteiger partial charge in [-0.15, -0.1) is 0 Å². The first-order valence-electron chi connectivity index (χ1n) is 10.2. The van der Waals surface area contributed by atoms with Crippen molar-refractivity contribution in [2.45, 2.75) is 20.5 Å². The minimum Gasteiger partial charge on any atom is -0.488 e. The van der Waals surface area contributed by atoms with Crippen LogP contribution in [0, 0.1) is 5.82 Å². The van der Waals surface area contributed by atoms with E-state index >= 15 is 0 Å². The van der Waals surface area contributed by atoms with Crippen molar-refractivity contribution in [1.29, 1.82) is 0 Å². The molecule has 31 heavy (non-hydrogen) atoms. The minimum atomic E-state index is -0.345. The summed E-state index contributed by atoms with van der Waals surface area (Å²) in [7, 11) is 0. The van der Waals surface area contributed by atoms with E-state index in [2.05, 4.69) is 5.32 Å². The second-order valence-electron chi connectivity index (χ2n) is 6.92. The zero-order valence-electron chi connectivity index (χ0n) is 17.6. The van der Waals surface area contributed by atoms with E-state index in [1.807, 2.05) is 13.8 Å². The lowest BCUT2D eigenvalue weighted by molar-refractivity contribution is 0.0772. The maximum Gasteiger partial charge on any atom is 0.259 e. The first-order chi connectivity index (χ1) is 15.0. The van der Waals surface area contributed by atoms with Gasteiger partial charge in [0.25, 0.3) is 11.8 Å². The van der Waals surface area contributed by atoms with Crippen molar-refractivity contribution in [3.63, 3.8) is 0 Å². The topological polar surface area (TPSA) is 58.6 Å². The lowest BCUT2D eigenvalue weighted by atomic mass is 10.1. The van der Waals surface area contributed by atoms with E-state index < -0.39 is 0 Å². The summed E-state index contributed by atoms with van der Waals surface area (Å²) in [5.41, 5.74) is 2.20. The highest BCUT2D eigenvalue weighted by atomic mass is 19.1. The Morgan fingerprint density at radius 3 is 2.35 bits per heavy atom. The third-order valence-electron chi connectivity index (χ3n) is 4.86. The monoisotopic (exact) mass is 420 g/mol. The Morgan fingerprint density at radius 2 is 1.65 bits per heavy atom. The Morgan fingerprint density at radius 1 is 0.935 bits per heavy atom. The van der Waals surface area contributed by atoms with Gasteiger partial charge in [0, 0.05) is 24.3 Å². The second kappa shape index (κ2) is 10.4. The first kappa shape index (κ1) is 22.0. The number of rotatable bonds is 8. The fourth-order valence-electron chi connectivity index (χ4n) is 3.14. The SMILES string of the molecule is CCN(CC)C(=O)c1cccc(NC(=O)c2ccccc2OCc2ccc(F)cc2)c1. The molecule has 0 aliphatic rings. The van der Waals surface area contributed by atoms with Crippen LogP contribution in [0.2, 0.25) is 0 Å². The summed E-state index contributed by atoms with van der Waals surface area (Å²) < 4.78 is 18.9. The summed E-state index contributed by atoms with van der Waals surface area (Å²) in [6.45, 7) is 5.29. The average Bonchev–Trinajstić information content (AvgIpc) is 2.80. The van der Waals surface area contributed by atoms with Crippen molar-refractivity contribution >= 4 is 17.5 Å². The molecular weight excluding hydrogens is 395 g/mol. The predicted octanol–water partition coefficient (Wildman–Crippen LogP) is 5.14. The number of amides is 2. The van der Waals surface area contributed by atoms with Gasteiger partial charge in [-0.1, -0.05) is 30.3 Å². The molecule has 0 saturated carbocycles. The van der Waals surface area contributed by atoms with E-state index in [0.717, 1.165) is 5.56 Å². The van der Waals surface area contributed by atoms with Gasteiger partial charge in [-0.3, -0.25) is 9.59 Å². The summed E-state index contributed by atoms with van der Waals surface area (Å²) in [6.07, 6.45) is 0. The molecule has 0 atom stereocenters. The first-order valence-corrected chi connectivity index (χ1v) is 10.2. The molecular formula is C25H25FN2O3. The summed E-state index contributed by atoms with van der Waals surface area (Å²) >= 11 is 0. The normalized spacial score (nSPS) is 10.4. The van der Waals surface area contributed by atoms with Crippen LogP contribution in [-0.4, -0.2) is 29.8 Å². The zero-order valence-corrected chi connectivity index (χ0v) is 17.6. The molecule has 2 amide bonds. The van der Waals surface area contributed by atoms with Crippen molar-refractivity contribution in [2.75, 3.05) is 18.4 Å². The van der Waals surface area contributed by atoms with Crippen LogP contribution in [0.5, 0.6) is 5.75 Å². The largest absolute Gasteiger partial charge is 0.488 e. The Balaban J connectivity index is 1.73. The molecule has 0 fully saturated rings. The van der Waals surface area contributed by atoms with Crippen molar-refractivity contribution in [2.24, 2.45) is 0 Å². The molecule has 6 heteroatoms. The summed E-state index contributed by atoms with van der Waals surface area (Å²) in [5, 5.41) is 2.84. The van der Waals surface area contributed by atoms with Crippen LogP contribution in [0.15, 0.2) is 72.8 Å². The second-order valence-corrected chi connectivity index (χ2v) is 6.92. The van der Waals surface area contributed by atoms with Crippen molar-refractivity contribution < 1.29 is 18.7 Å². The zero-order chi connectivity index (χ0) is 22.2. The molecule has 0 radical (unpaired) electrons. The van der Waals surface area contributed by atoms with Gasteiger partial charge in [-0.25, -0.2) is 4.39 Å². The van der Waals surface area contributed by atoms with Crippen LogP contribution >= 0.6 is 0 Å². The highest BCUT2D eigenvalue weighted by Gasteiger charge is 2.15. The fourth-order valence-corrected chi connectivity index (χ4v) is 3.14. The molecule has 0 unspecified atom stereocenters. The number of halogens is 1. The van der Waals surface area contributed by atoms with E-state index in [4.69, 9.17) is 4.74 Å². The maximum atomic E-state index is 13.1. The molecule has 3 aromatic rings. The molecule has 0 aliphatic carbocycles. The van der Waals surface area contributed by atoms with Gasteiger partial charge >= 0.3 is 0 Å². The fraction of sp³-hybridized carbons (Fsp3) is 0.200.